The molecule has 0 saturated carbocycles. The van der Waals surface area contributed by atoms with Gasteiger partial charge in [0.25, 0.3) is 0 Å². The van der Waals surface area contributed by atoms with E-state index in [4.69, 9.17) is 46.4 Å². The van der Waals surface area contributed by atoms with E-state index in [1.165, 1.54) is 0 Å². The zero-order valence-corrected chi connectivity index (χ0v) is 14.9. The normalized spacial score (nSPS) is 11.9. The zero-order valence-electron chi connectivity index (χ0n) is 11.8. The number of hydrogen-bond acceptors (Lipinski definition) is 1. The Morgan fingerprint density at radius 2 is 1.76 bits per heavy atom. The molecule has 0 fully saturated rings. The number of aryl methyl sites for hydroxylation is 2. The molecule has 0 spiro atoms. The Morgan fingerprint density at radius 1 is 1.14 bits per heavy atom. The topological polar surface area (TPSA) is 17.8 Å². The fraction of sp³-hybridized carbons (Fsp3) is 0.400. The summed E-state index contributed by atoms with van der Waals surface area (Å²) >= 11 is 25.2. The molecular weight excluding hydrogens is 350 g/mol. The van der Waals surface area contributed by atoms with Gasteiger partial charge in [0.15, 0.2) is 0 Å². The summed E-state index contributed by atoms with van der Waals surface area (Å²) in [5.41, 5.74) is 2.31. The first-order chi connectivity index (χ1) is 9.95. The van der Waals surface area contributed by atoms with Crippen molar-refractivity contribution in [2.24, 2.45) is 7.05 Å². The van der Waals surface area contributed by atoms with E-state index in [9.17, 15) is 0 Å². The van der Waals surface area contributed by atoms with Crippen molar-refractivity contribution in [1.82, 2.24) is 9.78 Å². The van der Waals surface area contributed by atoms with Crippen LogP contribution in [0, 0.1) is 6.92 Å². The molecule has 6 heteroatoms. The van der Waals surface area contributed by atoms with E-state index >= 15 is 0 Å². The molecule has 0 aliphatic rings. The second-order valence-electron chi connectivity index (χ2n) is 5.18. The number of alkyl halides is 2. The lowest BCUT2D eigenvalue weighted by Crippen LogP contribution is -2.34. The molecule has 0 saturated heterocycles. The largest absolute Gasteiger partial charge is 0.257 e. The van der Waals surface area contributed by atoms with Crippen LogP contribution in [-0.2, 0) is 18.9 Å². The molecular formula is C15H16Cl4N2. The average Bonchev–Trinajstić information content (AvgIpc) is 2.71. The molecule has 0 N–H and O–H groups in total. The molecule has 0 aliphatic carbocycles. The third-order valence-electron chi connectivity index (χ3n) is 3.74. The van der Waals surface area contributed by atoms with Crippen LogP contribution < -0.4 is 0 Å². The summed E-state index contributed by atoms with van der Waals surface area (Å²) in [6.45, 7) is 1.93. The molecule has 0 bridgehead atoms. The van der Waals surface area contributed by atoms with Gasteiger partial charge in [0.05, 0.1) is 5.69 Å². The Morgan fingerprint density at radius 3 is 2.24 bits per heavy atom. The second-order valence-corrected chi connectivity index (χ2v) is 6.48. The Balaban J connectivity index is 2.51. The van der Waals surface area contributed by atoms with Crippen LogP contribution in [0.4, 0.5) is 0 Å². The molecule has 2 nitrogen and oxygen atoms in total. The SMILES string of the molecule is Cc1nn(C)c(Cl)c1CC(CCl)(CCl)c1ccccc1Cl. The number of hydrogen-bond donors (Lipinski definition) is 0. The second kappa shape index (κ2) is 6.78. The van der Waals surface area contributed by atoms with Crippen LogP contribution >= 0.6 is 46.4 Å². The Bertz CT molecular complexity index is 633. The maximum Gasteiger partial charge on any atom is 0.130 e. The monoisotopic (exact) mass is 364 g/mol. The van der Waals surface area contributed by atoms with Gasteiger partial charge >= 0.3 is 0 Å². The fourth-order valence-corrected chi connectivity index (χ4v) is 3.81. The van der Waals surface area contributed by atoms with Crippen LogP contribution in [0.3, 0.4) is 0 Å². The van der Waals surface area contributed by atoms with E-state index in [1.54, 1.807) is 4.68 Å². The summed E-state index contributed by atoms with van der Waals surface area (Å²) in [7, 11) is 1.82. The molecule has 0 atom stereocenters. The summed E-state index contributed by atoms with van der Waals surface area (Å²) in [5.74, 6) is 0.704. The summed E-state index contributed by atoms with van der Waals surface area (Å²) < 4.78 is 1.66. The van der Waals surface area contributed by atoms with Crippen molar-refractivity contribution in [3.05, 3.63) is 51.3 Å². The predicted octanol–water partition coefficient (Wildman–Crippen LogP) is 4.99. The van der Waals surface area contributed by atoms with E-state index in [-0.39, 0.29) is 0 Å². The quantitative estimate of drug-likeness (QED) is 0.682. The molecule has 2 rings (SSSR count). The highest BCUT2D eigenvalue weighted by atomic mass is 35.5. The van der Waals surface area contributed by atoms with Crippen LogP contribution in [0.2, 0.25) is 10.2 Å². The summed E-state index contributed by atoms with van der Waals surface area (Å²) in [6, 6.07) is 7.64. The van der Waals surface area contributed by atoms with Crippen LogP contribution in [0.1, 0.15) is 16.8 Å². The number of benzene rings is 1. The lowest BCUT2D eigenvalue weighted by atomic mass is 9.78. The maximum atomic E-state index is 6.35. The molecule has 1 aromatic heterocycles. The van der Waals surface area contributed by atoms with E-state index in [2.05, 4.69) is 5.10 Å². The third kappa shape index (κ3) is 3.19. The van der Waals surface area contributed by atoms with Crippen molar-refractivity contribution in [2.75, 3.05) is 11.8 Å². The van der Waals surface area contributed by atoms with Gasteiger partial charge in [-0.3, -0.25) is 4.68 Å². The highest BCUT2D eigenvalue weighted by Crippen LogP contribution is 2.38. The highest BCUT2D eigenvalue weighted by Gasteiger charge is 2.35. The van der Waals surface area contributed by atoms with Gasteiger partial charge in [-0.2, -0.15) is 5.10 Å². The van der Waals surface area contributed by atoms with Crippen molar-refractivity contribution in [1.29, 1.82) is 0 Å². The van der Waals surface area contributed by atoms with Gasteiger partial charge in [-0.05, 0) is 25.0 Å². The van der Waals surface area contributed by atoms with Crippen molar-refractivity contribution in [3.8, 4) is 0 Å². The summed E-state index contributed by atoms with van der Waals surface area (Å²) in [5, 5.41) is 5.62. The zero-order chi connectivity index (χ0) is 15.6. The molecule has 2 aromatic rings. The lowest BCUT2D eigenvalue weighted by molar-refractivity contribution is 0.535. The van der Waals surface area contributed by atoms with E-state index in [1.807, 2.05) is 38.2 Å². The molecule has 0 amide bonds. The van der Waals surface area contributed by atoms with Crippen molar-refractivity contribution >= 4 is 46.4 Å². The number of rotatable bonds is 5. The average molecular weight is 366 g/mol. The minimum atomic E-state index is -0.473. The molecule has 0 unspecified atom stereocenters. The van der Waals surface area contributed by atoms with Crippen molar-refractivity contribution in [3.63, 3.8) is 0 Å². The summed E-state index contributed by atoms with van der Waals surface area (Å²) in [6.07, 6.45) is 0.599. The Kier molecular flexibility index (Phi) is 5.48. The number of aromatic nitrogens is 2. The van der Waals surface area contributed by atoms with Crippen LogP contribution in [0.25, 0.3) is 0 Å². The Hall–Kier alpha value is -0.410. The van der Waals surface area contributed by atoms with E-state index in [0.717, 1.165) is 16.8 Å². The van der Waals surface area contributed by atoms with Gasteiger partial charge in [0, 0.05) is 34.8 Å². The lowest BCUT2D eigenvalue weighted by Gasteiger charge is -2.31. The first kappa shape index (κ1) is 17.0. The molecule has 0 aliphatic heterocycles. The van der Waals surface area contributed by atoms with E-state index in [0.29, 0.717) is 28.4 Å². The van der Waals surface area contributed by atoms with Crippen molar-refractivity contribution < 1.29 is 0 Å². The van der Waals surface area contributed by atoms with Crippen LogP contribution in [0.15, 0.2) is 24.3 Å². The minimum Gasteiger partial charge on any atom is -0.257 e. The van der Waals surface area contributed by atoms with Crippen LogP contribution in [0.5, 0.6) is 0 Å². The fourth-order valence-electron chi connectivity index (χ4n) is 2.47. The minimum absolute atomic E-state index is 0.352. The van der Waals surface area contributed by atoms with E-state index < -0.39 is 5.41 Å². The first-order valence-corrected chi connectivity index (χ1v) is 8.32. The predicted molar refractivity (Wildman–Crippen MR) is 91.2 cm³/mol. The summed E-state index contributed by atoms with van der Waals surface area (Å²) in [4.78, 5) is 0. The molecule has 1 aromatic carbocycles. The molecule has 0 radical (unpaired) electrons. The smallest absolute Gasteiger partial charge is 0.130 e. The molecule has 1 heterocycles. The van der Waals surface area contributed by atoms with Gasteiger partial charge < -0.3 is 0 Å². The third-order valence-corrected chi connectivity index (χ3v) is 5.57. The van der Waals surface area contributed by atoms with Gasteiger partial charge in [-0.1, -0.05) is 41.4 Å². The molecule has 21 heavy (non-hydrogen) atoms. The van der Waals surface area contributed by atoms with Gasteiger partial charge in [0.1, 0.15) is 5.15 Å². The van der Waals surface area contributed by atoms with Crippen molar-refractivity contribution in [2.45, 2.75) is 18.8 Å². The van der Waals surface area contributed by atoms with Gasteiger partial charge in [0.2, 0.25) is 0 Å². The highest BCUT2D eigenvalue weighted by molar-refractivity contribution is 6.32. The standard InChI is InChI=1S/C15H16Cl4N2/c1-10-11(14(19)21(2)20-10)7-15(8-16,9-17)12-5-3-4-6-13(12)18/h3-6H,7-9H2,1-2H3. The molecule has 114 valence electrons. The first-order valence-electron chi connectivity index (χ1n) is 6.50. The van der Waals surface area contributed by atoms with Crippen LogP contribution in [-0.4, -0.2) is 21.5 Å². The number of nitrogens with zero attached hydrogens (tertiary/aromatic N) is 2. The Labute approximate surface area is 144 Å². The van der Waals surface area contributed by atoms with Gasteiger partial charge in [-0.25, -0.2) is 0 Å². The maximum absolute atomic E-state index is 6.35. The van der Waals surface area contributed by atoms with Gasteiger partial charge in [-0.15, -0.1) is 23.2 Å². The number of halogens is 4.